The fourth-order valence-electron chi connectivity index (χ4n) is 7.48. The molecule has 2 nitrogen and oxygen atoms in total. The monoisotopic (exact) mass is 726 g/mol. The molecule has 0 saturated carbocycles. The molecule has 0 atom stereocenters. The average molecular weight is 726 g/mol. The summed E-state index contributed by atoms with van der Waals surface area (Å²) in [6, 6.07) is 6.48. The Balaban J connectivity index is 1.81. The molecule has 0 aromatic heterocycles. The van der Waals surface area contributed by atoms with Crippen molar-refractivity contribution in [1.82, 2.24) is 0 Å². The molecule has 5 aromatic rings. The molecule has 0 N–H and O–H groups in total. The van der Waals surface area contributed by atoms with Gasteiger partial charge >= 0.3 is 0 Å². The first-order valence-corrected chi connectivity index (χ1v) is 19.3. The van der Waals surface area contributed by atoms with Gasteiger partial charge in [-0.25, -0.2) is 0 Å². The van der Waals surface area contributed by atoms with Crippen molar-refractivity contribution >= 4 is 57.2 Å². The van der Waals surface area contributed by atoms with Gasteiger partial charge in [0.25, 0.3) is 6.71 Å². The summed E-state index contributed by atoms with van der Waals surface area (Å²) in [5.41, 5.74) is 2.16. The number of benzene rings is 5. The summed E-state index contributed by atoms with van der Waals surface area (Å²) in [6.07, 6.45) is 0. The van der Waals surface area contributed by atoms with Gasteiger partial charge in [0.2, 0.25) is 0 Å². The van der Waals surface area contributed by atoms with Gasteiger partial charge in [-0.15, -0.1) is 0 Å². The van der Waals surface area contributed by atoms with Crippen LogP contribution in [0.2, 0.25) is 0 Å². The minimum absolute atomic E-state index is 0.0167. The lowest BCUT2D eigenvalue weighted by Crippen LogP contribution is -2.61. The average Bonchev–Trinajstić information content (AvgIpc) is 3.13. The summed E-state index contributed by atoms with van der Waals surface area (Å²) in [4.78, 5) is 3.43. The van der Waals surface area contributed by atoms with Crippen molar-refractivity contribution in [2.45, 2.75) is 138 Å². The van der Waals surface area contributed by atoms with Gasteiger partial charge in [-0.3, -0.25) is 0 Å². The van der Waals surface area contributed by atoms with E-state index in [1.165, 1.54) is 0 Å². The zero-order valence-electron chi connectivity index (χ0n) is 46.3. The number of fused-ring (bicyclic) bond motifs is 4. The number of hydrogen-bond acceptors (Lipinski definition) is 2. The smallest absolute Gasteiger partial charge is 0.252 e. The van der Waals surface area contributed by atoms with E-state index >= 15 is 0 Å². The number of anilines is 6. The Morgan fingerprint density at radius 2 is 1.00 bits per heavy atom. The minimum Gasteiger partial charge on any atom is -0.311 e. The van der Waals surface area contributed by atoms with Gasteiger partial charge in [0.15, 0.2) is 0 Å². The molecule has 0 unspecified atom stereocenters. The van der Waals surface area contributed by atoms with E-state index in [-0.39, 0.29) is 89.0 Å². The van der Waals surface area contributed by atoms with Crippen molar-refractivity contribution in [3.63, 3.8) is 0 Å². The van der Waals surface area contributed by atoms with Crippen LogP contribution < -0.4 is 26.2 Å². The third-order valence-corrected chi connectivity index (χ3v) is 10.6. The minimum atomic E-state index is -0.987. The third kappa shape index (κ3) is 6.50. The lowest BCUT2D eigenvalue weighted by Gasteiger charge is -2.45. The summed E-state index contributed by atoms with van der Waals surface area (Å²) in [5.74, 6) is 0. The van der Waals surface area contributed by atoms with Gasteiger partial charge in [-0.05, 0) is 132 Å². The van der Waals surface area contributed by atoms with Gasteiger partial charge in [0, 0.05) is 34.1 Å². The first-order chi connectivity index (χ1) is 29.5. The summed E-state index contributed by atoms with van der Waals surface area (Å²) in [7, 11) is 0. The second-order valence-electron chi connectivity index (χ2n) is 20.4. The Bertz CT molecular complexity index is 2820. The molecule has 5 aromatic carbocycles. The molecule has 0 bridgehead atoms. The van der Waals surface area contributed by atoms with E-state index in [2.05, 4.69) is 0 Å². The van der Waals surface area contributed by atoms with E-state index in [1.54, 1.807) is 24.0 Å². The fraction of sp³-hybridized carbons (Fsp3) is 0.412. The summed E-state index contributed by atoms with van der Waals surface area (Å²) in [6.45, 7) is 29.9. The highest BCUT2D eigenvalue weighted by Gasteiger charge is 2.44. The van der Waals surface area contributed by atoms with Crippen LogP contribution in [0.15, 0.2) is 90.7 Å². The van der Waals surface area contributed by atoms with Crippen LogP contribution in [0.1, 0.15) is 152 Å². The summed E-state index contributed by atoms with van der Waals surface area (Å²) in [5, 5.41) is 0. The maximum atomic E-state index is 10.2. The zero-order chi connectivity index (χ0) is 49.1. The highest BCUT2D eigenvalue weighted by molar-refractivity contribution is 7.00. The predicted octanol–water partition coefficient (Wildman–Crippen LogP) is 12.6. The van der Waals surface area contributed by atoms with Crippen molar-refractivity contribution in [2.75, 3.05) is 9.80 Å². The molecule has 0 radical (unpaired) electrons. The molecule has 0 amide bonds. The standard InChI is InChI=1S/C51H63BN2/c1-32-26-37(22-23-39(32)51(14,15)16)53-42-25-21-33(47(2,3)4)30-41(42)52-40-24-20-34(48(5,6)7)31-45(40)54(44-19-17-18-43(53)46(44)52)38-28-35(49(8,9)10)27-36(29-38)50(11,12)13/h17-31H,1-16H3/i20D,21D,22D,23D,24D,25D,26D,27D,28D,29D,30D. The van der Waals surface area contributed by atoms with Gasteiger partial charge in [-0.1, -0.05) is 146 Å². The Morgan fingerprint density at radius 1 is 0.463 bits per heavy atom. The van der Waals surface area contributed by atoms with E-state index in [0.717, 1.165) is 0 Å². The van der Waals surface area contributed by atoms with Crippen molar-refractivity contribution in [1.29, 1.82) is 0 Å². The Labute approximate surface area is 343 Å². The predicted molar refractivity (Wildman–Crippen MR) is 239 cm³/mol. The van der Waals surface area contributed by atoms with E-state index in [0.29, 0.717) is 61.4 Å². The largest absolute Gasteiger partial charge is 0.311 e. The van der Waals surface area contributed by atoms with Gasteiger partial charge < -0.3 is 9.80 Å². The van der Waals surface area contributed by atoms with Crippen LogP contribution >= 0.6 is 0 Å². The van der Waals surface area contributed by atoms with Gasteiger partial charge in [0.1, 0.15) is 0 Å². The Kier molecular flexibility index (Phi) is 6.09. The summed E-state index contributed by atoms with van der Waals surface area (Å²) < 4.78 is 108. The van der Waals surface area contributed by atoms with Crippen LogP contribution in [0, 0.1) is 6.92 Å². The second-order valence-corrected chi connectivity index (χ2v) is 20.4. The molecule has 2 heterocycles. The molecule has 0 spiro atoms. The summed E-state index contributed by atoms with van der Waals surface area (Å²) >= 11 is 0. The van der Waals surface area contributed by atoms with Crippen molar-refractivity contribution in [2.24, 2.45) is 0 Å². The topological polar surface area (TPSA) is 6.48 Å². The zero-order valence-corrected chi connectivity index (χ0v) is 35.3. The lowest BCUT2D eigenvalue weighted by atomic mass is 9.33. The Morgan fingerprint density at radius 3 is 1.54 bits per heavy atom. The molecule has 280 valence electrons. The molecule has 54 heavy (non-hydrogen) atoms. The Hall–Kier alpha value is -4.24. The second kappa shape index (κ2) is 12.4. The van der Waals surface area contributed by atoms with Crippen molar-refractivity contribution < 1.29 is 15.1 Å². The molecule has 0 fully saturated rings. The fourth-order valence-corrected chi connectivity index (χ4v) is 7.48. The maximum Gasteiger partial charge on any atom is 0.252 e. The van der Waals surface area contributed by atoms with Crippen LogP contribution in [-0.4, -0.2) is 6.71 Å². The number of nitrogens with zero attached hydrogens (tertiary/aromatic N) is 2. The number of hydrogen-bond donors (Lipinski definition) is 0. The highest BCUT2D eigenvalue weighted by Crippen LogP contribution is 2.47. The molecule has 2 aliphatic rings. The lowest BCUT2D eigenvalue weighted by molar-refractivity contribution is 0.568. The molecular formula is C51H63BN2. The number of rotatable bonds is 2. The highest BCUT2D eigenvalue weighted by atomic mass is 15.2. The first kappa shape index (κ1) is 26.5. The molecule has 7 rings (SSSR count). The first-order valence-electron chi connectivity index (χ1n) is 24.8. The van der Waals surface area contributed by atoms with Crippen molar-refractivity contribution in [3.8, 4) is 0 Å². The van der Waals surface area contributed by atoms with Crippen LogP contribution in [0.25, 0.3) is 0 Å². The molecule has 3 heteroatoms. The van der Waals surface area contributed by atoms with E-state index in [1.807, 2.05) is 121 Å². The van der Waals surface area contributed by atoms with Crippen LogP contribution in [0.5, 0.6) is 0 Å². The van der Waals surface area contributed by atoms with E-state index in [4.69, 9.17) is 0 Å². The molecule has 2 aliphatic heterocycles. The molecular weight excluding hydrogens is 651 g/mol. The third-order valence-electron chi connectivity index (χ3n) is 10.6. The maximum absolute atomic E-state index is 10.2. The van der Waals surface area contributed by atoms with Crippen molar-refractivity contribution in [3.05, 3.63) is 124 Å². The van der Waals surface area contributed by atoms with E-state index < -0.39 is 33.8 Å². The quantitative estimate of drug-likeness (QED) is 0.164. The van der Waals surface area contributed by atoms with Gasteiger partial charge in [0.05, 0.1) is 15.1 Å². The molecule has 0 saturated heterocycles. The van der Waals surface area contributed by atoms with Crippen LogP contribution in [-0.2, 0) is 27.1 Å². The van der Waals surface area contributed by atoms with E-state index in [9.17, 15) is 15.1 Å². The van der Waals surface area contributed by atoms with Crippen LogP contribution in [0.4, 0.5) is 34.1 Å². The SMILES string of the molecule is [2H]c1c(C(C)(C)C)cc2c(c1[2H])B1c3c(cccc3N(c3c([2H])c([2H])c(C(C)(C)C)c(C)c3[2H])c3c([2H])c([2H])c(C(C)(C)C)c([2H])c31)N2c1c([2H])c(C(C)(C)C)c([2H])c(C(C)(C)C)c1[2H]. The normalized spacial score (nSPS) is 17.4. The van der Waals surface area contributed by atoms with Crippen LogP contribution in [0.3, 0.4) is 0 Å². The van der Waals surface area contributed by atoms with Gasteiger partial charge in [-0.2, -0.15) is 0 Å². The molecule has 0 aliphatic carbocycles.